The molecule has 0 spiro atoms. The topological polar surface area (TPSA) is 54.5 Å². The van der Waals surface area contributed by atoms with Gasteiger partial charge in [-0.2, -0.15) is 4.31 Å². The predicted molar refractivity (Wildman–Crippen MR) is 115 cm³/mol. The molecule has 4 nitrogen and oxygen atoms in total. The van der Waals surface area contributed by atoms with Gasteiger partial charge in [0.2, 0.25) is 10.0 Å². The molecule has 0 N–H and O–H groups in total. The lowest BCUT2D eigenvalue weighted by atomic mass is 9.97. The Morgan fingerprint density at radius 1 is 0.929 bits per heavy atom. The highest BCUT2D eigenvalue weighted by atomic mass is 32.2. The zero-order chi connectivity index (χ0) is 20.2. The number of unbranched alkanes of at least 4 members (excludes halogenated alkanes) is 9. The Balaban J connectivity index is 1.69. The van der Waals surface area contributed by atoms with Crippen molar-refractivity contribution in [1.29, 1.82) is 0 Å². The van der Waals surface area contributed by atoms with Crippen LogP contribution < -0.4 is 0 Å². The lowest BCUT2D eigenvalue weighted by Crippen LogP contribution is -2.36. The number of carbonyl (C=O) groups is 1. The van der Waals surface area contributed by atoms with Crippen molar-refractivity contribution < 1.29 is 13.2 Å². The molecule has 1 saturated heterocycles. The Morgan fingerprint density at radius 3 is 2.07 bits per heavy atom. The molecule has 1 aromatic rings. The van der Waals surface area contributed by atoms with Crippen LogP contribution in [0.4, 0.5) is 0 Å². The van der Waals surface area contributed by atoms with E-state index in [1.807, 2.05) is 0 Å². The van der Waals surface area contributed by atoms with Crippen LogP contribution in [0, 0.1) is 5.92 Å². The first-order valence-corrected chi connectivity index (χ1v) is 12.6. The zero-order valence-corrected chi connectivity index (χ0v) is 18.2. The van der Waals surface area contributed by atoms with Gasteiger partial charge in [0.1, 0.15) is 6.29 Å². The second-order valence-electron chi connectivity index (χ2n) is 8.16. The lowest BCUT2D eigenvalue weighted by molar-refractivity contribution is -0.110. The van der Waals surface area contributed by atoms with Gasteiger partial charge in [0.05, 0.1) is 10.9 Å². The van der Waals surface area contributed by atoms with Crippen LogP contribution in [0.1, 0.15) is 84.0 Å². The second-order valence-corrected chi connectivity index (χ2v) is 10.1. The third-order valence-corrected chi connectivity index (χ3v) is 7.76. The van der Waals surface area contributed by atoms with Crippen molar-refractivity contribution in [1.82, 2.24) is 4.31 Å². The molecule has 0 amide bonds. The number of aldehydes is 1. The van der Waals surface area contributed by atoms with E-state index in [9.17, 15) is 13.2 Å². The summed E-state index contributed by atoms with van der Waals surface area (Å²) in [5, 5.41) is 0. The molecule has 158 valence electrons. The first-order chi connectivity index (χ1) is 13.6. The van der Waals surface area contributed by atoms with E-state index in [2.05, 4.69) is 6.92 Å². The van der Waals surface area contributed by atoms with Crippen LogP contribution in [0.5, 0.6) is 0 Å². The Morgan fingerprint density at radius 2 is 1.50 bits per heavy atom. The van der Waals surface area contributed by atoms with Gasteiger partial charge < -0.3 is 4.79 Å². The minimum atomic E-state index is -3.58. The highest BCUT2D eigenvalue weighted by molar-refractivity contribution is 7.89. The fraction of sp³-hybridized carbons (Fsp3) is 0.696. The van der Waals surface area contributed by atoms with Gasteiger partial charge in [-0.05, 0) is 30.9 Å². The van der Waals surface area contributed by atoms with E-state index in [0.717, 1.165) is 19.1 Å². The van der Waals surface area contributed by atoms with Crippen LogP contribution >= 0.6 is 0 Å². The average Bonchev–Trinajstić information content (AvgIpc) is 3.14. The summed E-state index contributed by atoms with van der Waals surface area (Å²) in [6, 6.07) is 7.94. The van der Waals surface area contributed by atoms with Crippen molar-refractivity contribution in [3.8, 4) is 0 Å². The molecule has 0 saturated carbocycles. The van der Waals surface area contributed by atoms with Crippen molar-refractivity contribution in [3.63, 3.8) is 0 Å². The van der Waals surface area contributed by atoms with E-state index in [-0.39, 0.29) is 4.90 Å². The summed E-state index contributed by atoms with van der Waals surface area (Å²) in [4.78, 5) is 11.8. The molecule has 0 bridgehead atoms. The molecular weight excluding hydrogens is 370 g/mol. The van der Waals surface area contributed by atoms with E-state index in [4.69, 9.17) is 0 Å². The summed E-state index contributed by atoms with van der Waals surface area (Å²) in [6.45, 7) is 2.72. The monoisotopic (exact) mass is 407 g/mol. The third kappa shape index (κ3) is 7.00. The Bertz CT molecular complexity index is 660. The molecular formula is C23H37NO3S. The molecule has 2 rings (SSSR count). The number of benzene rings is 1. The maximum Gasteiger partial charge on any atom is 0.243 e. The Kier molecular flexibility index (Phi) is 10.2. The predicted octanol–water partition coefficient (Wildman–Crippen LogP) is 5.58. The lowest BCUT2D eigenvalue weighted by Gasteiger charge is -2.20. The molecule has 0 radical (unpaired) electrons. The summed E-state index contributed by atoms with van der Waals surface area (Å²) in [5.41, 5.74) is 0. The molecule has 1 unspecified atom stereocenters. The van der Waals surface area contributed by atoms with E-state index < -0.39 is 16.1 Å². The van der Waals surface area contributed by atoms with E-state index >= 15 is 0 Å². The summed E-state index contributed by atoms with van der Waals surface area (Å²) >= 11 is 0. The summed E-state index contributed by atoms with van der Waals surface area (Å²) in [6.07, 6.45) is 15.5. The van der Waals surface area contributed by atoms with Gasteiger partial charge in [0, 0.05) is 6.54 Å². The van der Waals surface area contributed by atoms with Crippen LogP contribution in [0.3, 0.4) is 0 Å². The number of nitrogens with zero attached hydrogens (tertiary/aromatic N) is 1. The average molecular weight is 408 g/mol. The zero-order valence-electron chi connectivity index (χ0n) is 17.4. The number of carbonyl (C=O) groups excluding carboxylic acids is 1. The fourth-order valence-electron chi connectivity index (χ4n) is 4.18. The fourth-order valence-corrected chi connectivity index (χ4v) is 5.85. The van der Waals surface area contributed by atoms with Gasteiger partial charge in [0.25, 0.3) is 0 Å². The van der Waals surface area contributed by atoms with Crippen molar-refractivity contribution in [3.05, 3.63) is 30.3 Å². The highest BCUT2D eigenvalue weighted by Gasteiger charge is 2.39. The number of hydrogen-bond donors (Lipinski definition) is 0. The number of rotatable bonds is 14. The normalized spacial score (nSPS) is 20.5. The maximum absolute atomic E-state index is 12.9. The Hall–Kier alpha value is -1.20. The van der Waals surface area contributed by atoms with Crippen LogP contribution in [-0.4, -0.2) is 31.6 Å². The van der Waals surface area contributed by atoms with Crippen molar-refractivity contribution in [2.45, 2.75) is 94.9 Å². The van der Waals surface area contributed by atoms with E-state index in [0.29, 0.717) is 18.9 Å². The van der Waals surface area contributed by atoms with Crippen molar-refractivity contribution in [2.24, 2.45) is 5.92 Å². The molecule has 1 aliphatic heterocycles. The smallest absolute Gasteiger partial charge is 0.243 e. The van der Waals surface area contributed by atoms with Crippen LogP contribution in [0.2, 0.25) is 0 Å². The minimum Gasteiger partial charge on any atom is -0.302 e. The summed E-state index contributed by atoms with van der Waals surface area (Å²) < 4.78 is 27.1. The molecule has 1 heterocycles. The van der Waals surface area contributed by atoms with Gasteiger partial charge in [-0.1, -0.05) is 89.3 Å². The SMILES string of the molecule is CCCCCCCCCCCCC1C[C@@H](C=O)N(S(=O)(=O)c2ccccc2)C1. The number of sulfonamides is 1. The molecule has 1 fully saturated rings. The van der Waals surface area contributed by atoms with E-state index in [1.54, 1.807) is 30.3 Å². The van der Waals surface area contributed by atoms with E-state index in [1.165, 1.54) is 62.1 Å². The van der Waals surface area contributed by atoms with Crippen molar-refractivity contribution in [2.75, 3.05) is 6.54 Å². The first-order valence-electron chi connectivity index (χ1n) is 11.1. The standard InChI is InChI=1S/C23H37NO3S/c1-2-3-4-5-6-7-8-9-10-12-15-21-18-22(20-25)24(19-21)28(26,27)23-16-13-11-14-17-23/h11,13-14,16-17,20-22H,2-10,12,15,18-19H2,1H3/t21?,22-/m0/s1. The van der Waals surface area contributed by atoms with Gasteiger partial charge in [-0.3, -0.25) is 0 Å². The molecule has 0 aliphatic carbocycles. The second kappa shape index (κ2) is 12.4. The van der Waals surface area contributed by atoms with Gasteiger partial charge in [-0.15, -0.1) is 0 Å². The molecule has 1 aliphatic rings. The maximum atomic E-state index is 12.9. The molecule has 1 aromatic carbocycles. The quantitative estimate of drug-likeness (QED) is 0.299. The first kappa shape index (κ1) is 23.1. The van der Waals surface area contributed by atoms with Gasteiger partial charge in [-0.25, -0.2) is 8.42 Å². The van der Waals surface area contributed by atoms with Crippen LogP contribution in [0.25, 0.3) is 0 Å². The highest BCUT2D eigenvalue weighted by Crippen LogP contribution is 2.31. The molecule has 28 heavy (non-hydrogen) atoms. The van der Waals surface area contributed by atoms with Gasteiger partial charge >= 0.3 is 0 Å². The third-order valence-electron chi connectivity index (χ3n) is 5.86. The van der Waals surface area contributed by atoms with Crippen molar-refractivity contribution >= 4 is 16.3 Å². The summed E-state index contributed by atoms with van der Waals surface area (Å²) in [5.74, 6) is 0.294. The minimum absolute atomic E-state index is 0.279. The summed E-state index contributed by atoms with van der Waals surface area (Å²) in [7, 11) is -3.58. The van der Waals surface area contributed by atoms with Crippen LogP contribution in [0.15, 0.2) is 35.2 Å². The van der Waals surface area contributed by atoms with Gasteiger partial charge in [0.15, 0.2) is 0 Å². The Labute approximate surface area is 171 Å². The molecule has 0 aromatic heterocycles. The number of hydrogen-bond acceptors (Lipinski definition) is 3. The molecule has 2 atom stereocenters. The largest absolute Gasteiger partial charge is 0.302 e. The molecule has 5 heteroatoms. The van der Waals surface area contributed by atoms with Crippen LogP contribution in [-0.2, 0) is 14.8 Å².